The number of anilines is 2. The van der Waals surface area contributed by atoms with Crippen LogP contribution >= 0.6 is 11.8 Å². The Labute approximate surface area is 156 Å². The molecule has 0 bridgehead atoms. The molecule has 1 aliphatic rings. The zero-order chi connectivity index (χ0) is 17.5. The van der Waals surface area contributed by atoms with E-state index in [1.807, 2.05) is 12.1 Å². The molecule has 128 valence electrons. The first-order valence-electron chi connectivity index (χ1n) is 8.78. The van der Waals surface area contributed by atoms with Crippen molar-refractivity contribution >= 4 is 45.2 Å². The summed E-state index contributed by atoms with van der Waals surface area (Å²) in [4.78, 5) is 14.5. The summed E-state index contributed by atoms with van der Waals surface area (Å²) in [7, 11) is 0. The van der Waals surface area contributed by atoms with E-state index in [2.05, 4.69) is 53.4 Å². The summed E-state index contributed by atoms with van der Waals surface area (Å²) in [5, 5.41) is 2.32. The molecule has 4 aromatic rings. The molecule has 4 nitrogen and oxygen atoms in total. The summed E-state index contributed by atoms with van der Waals surface area (Å²) in [6.07, 6.45) is 0.895. The van der Waals surface area contributed by atoms with Crippen LogP contribution in [-0.2, 0) is 0 Å². The Kier molecular flexibility index (Phi) is 3.76. The number of benzene rings is 2. The van der Waals surface area contributed by atoms with Gasteiger partial charge in [-0.2, -0.15) is 0 Å². The predicted octanol–water partition coefficient (Wildman–Crippen LogP) is 4.73. The third-order valence-electron chi connectivity index (χ3n) is 4.66. The lowest BCUT2D eigenvalue weighted by molar-refractivity contribution is 0.790. The number of nitrogens with zero attached hydrogens (tertiary/aromatic N) is 3. The van der Waals surface area contributed by atoms with Crippen LogP contribution in [0.4, 0.5) is 11.6 Å². The first kappa shape index (κ1) is 15.6. The predicted molar refractivity (Wildman–Crippen MR) is 108 cm³/mol. The molecule has 2 aromatic carbocycles. The van der Waals surface area contributed by atoms with Crippen LogP contribution in [0.3, 0.4) is 0 Å². The van der Waals surface area contributed by atoms with Crippen molar-refractivity contribution in [1.29, 1.82) is 0 Å². The van der Waals surface area contributed by atoms with E-state index in [0.29, 0.717) is 6.54 Å². The van der Waals surface area contributed by atoms with Crippen molar-refractivity contribution < 1.29 is 0 Å². The second-order valence-corrected chi connectivity index (χ2v) is 7.49. The molecule has 2 aromatic heterocycles. The second-order valence-electron chi connectivity index (χ2n) is 6.40. The highest BCUT2D eigenvalue weighted by molar-refractivity contribution is 7.99. The molecule has 2 N–H and O–H groups in total. The maximum Gasteiger partial charge on any atom is 0.149 e. The smallest absolute Gasteiger partial charge is 0.149 e. The monoisotopic (exact) mass is 358 g/mol. The molecular formula is C21H18N4S. The quantitative estimate of drug-likeness (QED) is 0.573. The van der Waals surface area contributed by atoms with Crippen LogP contribution in [-0.4, -0.2) is 23.1 Å². The van der Waals surface area contributed by atoms with Crippen LogP contribution in [0.1, 0.15) is 6.42 Å². The number of para-hydroxylation sites is 2. The van der Waals surface area contributed by atoms with E-state index in [-0.39, 0.29) is 0 Å². The highest BCUT2D eigenvalue weighted by atomic mass is 32.2. The van der Waals surface area contributed by atoms with Crippen LogP contribution in [0.5, 0.6) is 0 Å². The largest absolute Gasteiger partial charge is 0.330 e. The highest BCUT2D eigenvalue weighted by Gasteiger charge is 2.26. The van der Waals surface area contributed by atoms with E-state index in [1.165, 1.54) is 9.79 Å². The lowest BCUT2D eigenvalue weighted by Gasteiger charge is -2.31. The van der Waals surface area contributed by atoms with Crippen molar-refractivity contribution in [3.05, 3.63) is 60.7 Å². The molecule has 0 saturated carbocycles. The minimum Gasteiger partial charge on any atom is -0.330 e. The average molecular weight is 358 g/mol. The summed E-state index contributed by atoms with van der Waals surface area (Å²) in [6, 6.07) is 21.0. The molecule has 0 radical (unpaired) electrons. The van der Waals surface area contributed by atoms with Gasteiger partial charge in [0.15, 0.2) is 0 Å². The third-order valence-corrected chi connectivity index (χ3v) is 5.70. The third kappa shape index (κ3) is 2.52. The Morgan fingerprint density at radius 3 is 1.88 bits per heavy atom. The van der Waals surface area contributed by atoms with E-state index in [0.717, 1.165) is 46.4 Å². The number of hydrogen-bond acceptors (Lipinski definition) is 5. The number of pyridine rings is 2. The normalized spacial score (nSPS) is 13.0. The van der Waals surface area contributed by atoms with Gasteiger partial charge in [0.1, 0.15) is 11.6 Å². The molecule has 0 saturated heterocycles. The molecule has 5 rings (SSSR count). The maximum absolute atomic E-state index is 5.79. The van der Waals surface area contributed by atoms with Gasteiger partial charge in [-0.15, -0.1) is 0 Å². The fourth-order valence-electron chi connectivity index (χ4n) is 3.39. The van der Waals surface area contributed by atoms with Gasteiger partial charge in [-0.25, -0.2) is 9.97 Å². The average Bonchev–Trinajstić information content (AvgIpc) is 2.68. The Morgan fingerprint density at radius 2 is 1.35 bits per heavy atom. The van der Waals surface area contributed by atoms with Gasteiger partial charge in [-0.3, -0.25) is 0 Å². The lowest BCUT2D eigenvalue weighted by Crippen LogP contribution is -2.26. The van der Waals surface area contributed by atoms with Crippen molar-refractivity contribution in [2.24, 2.45) is 5.73 Å². The molecule has 0 amide bonds. The second kappa shape index (κ2) is 6.27. The van der Waals surface area contributed by atoms with Crippen LogP contribution in [0.15, 0.2) is 70.5 Å². The molecule has 0 unspecified atom stereocenters. The SMILES string of the molecule is NCCCN1c2nc3ccccc3cc2Sc2cc3ccccc3nc21. The summed E-state index contributed by atoms with van der Waals surface area (Å²) >= 11 is 1.75. The molecular weight excluding hydrogens is 340 g/mol. The number of nitrogens with two attached hydrogens (primary N) is 1. The van der Waals surface area contributed by atoms with Crippen LogP contribution in [0, 0.1) is 0 Å². The van der Waals surface area contributed by atoms with E-state index in [1.54, 1.807) is 11.8 Å². The zero-order valence-electron chi connectivity index (χ0n) is 14.2. The summed E-state index contributed by atoms with van der Waals surface area (Å²) in [6.45, 7) is 1.46. The first-order chi connectivity index (χ1) is 12.8. The van der Waals surface area contributed by atoms with Crippen LogP contribution in [0.2, 0.25) is 0 Å². The van der Waals surface area contributed by atoms with Crippen molar-refractivity contribution in [3.8, 4) is 0 Å². The van der Waals surface area contributed by atoms with E-state index in [4.69, 9.17) is 15.7 Å². The summed E-state index contributed by atoms with van der Waals surface area (Å²) < 4.78 is 0. The van der Waals surface area contributed by atoms with E-state index >= 15 is 0 Å². The van der Waals surface area contributed by atoms with Crippen molar-refractivity contribution in [2.75, 3.05) is 18.0 Å². The number of hydrogen-bond donors (Lipinski definition) is 1. The molecule has 3 heterocycles. The fourth-order valence-corrected chi connectivity index (χ4v) is 4.49. The van der Waals surface area contributed by atoms with Gasteiger partial charge in [0.05, 0.1) is 20.8 Å². The van der Waals surface area contributed by atoms with Crippen LogP contribution < -0.4 is 10.6 Å². The van der Waals surface area contributed by atoms with Gasteiger partial charge in [-0.05, 0) is 37.2 Å². The van der Waals surface area contributed by atoms with Crippen molar-refractivity contribution in [2.45, 2.75) is 16.2 Å². The van der Waals surface area contributed by atoms with E-state index < -0.39 is 0 Å². The molecule has 0 spiro atoms. The number of fused-ring (bicyclic) bond motifs is 4. The maximum atomic E-state index is 5.79. The Balaban J connectivity index is 1.73. The summed E-state index contributed by atoms with van der Waals surface area (Å²) in [5.41, 5.74) is 7.81. The van der Waals surface area contributed by atoms with Crippen LogP contribution in [0.25, 0.3) is 21.8 Å². The molecule has 0 aliphatic carbocycles. The topological polar surface area (TPSA) is 55.0 Å². The Morgan fingerprint density at radius 1 is 0.808 bits per heavy atom. The lowest BCUT2D eigenvalue weighted by atomic mass is 10.2. The highest BCUT2D eigenvalue weighted by Crippen LogP contribution is 2.48. The molecule has 1 aliphatic heterocycles. The van der Waals surface area contributed by atoms with Gasteiger partial charge < -0.3 is 10.6 Å². The summed E-state index contributed by atoms with van der Waals surface area (Å²) in [5.74, 6) is 1.97. The van der Waals surface area contributed by atoms with Crippen molar-refractivity contribution in [3.63, 3.8) is 0 Å². The van der Waals surface area contributed by atoms with Gasteiger partial charge in [0.2, 0.25) is 0 Å². The van der Waals surface area contributed by atoms with Gasteiger partial charge in [-0.1, -0.05) is 48.2 Å². The minimum atomic E-state index is 0.648. The van der Waals surface area contributed by atoms with E-state index in [9.17, 15) is 0 Å². The van der Waals surface area contributed by atoms with Gasteiger partial charge in [0.25, 0.3) is 0 Å². The molecule has 5 heteroatoms. The molecule has 0 atom stereocenters. The van der Waals surface area contributed by atoms with Gasteiger partial charge in [0, 0.05) is 17.3 Å². The number of rotatable bonds is 3. The molecule has 26 heavy (non-hydrogen) atoms. The minimum absolute atomic E-state index is 0.648. The van der Waals surface area contributed by atoms with Crippen molar-refractivity contribution in [1.82, 2.24) is 9.97 Å². The zero-order valence-corrected chi connectivity index (χ0v) is 15.0. The standard InChI is InChI=1S/C21H18N4S/c22-10-5-11-25-20-18(12-14-6-1-3-8-16(14)23-20)26-19-13-15-7-2-4-9-17(15)24-21(19)25/h1-4,6-9,12-13H,5,10-11,22H2. The van der Waals surface area contributed by atoms with Gasteiger partial charge >= 0.3 is 0 Å². The molecule has 0 fully saturated rings. The fraction of sp³-hybridized carbons (Fsp3) is 0.143. The Bertz CT molecular complexity index is 1040. The Hall–Kier alpha value is -2.63. The number of aromatic nitrogens is 2. The first-order valence-corrected chi connectivity index (χ1v) is 9.60.